The van der Waals surface area contributed by atoms with E-state index >= 15 is 0 Å². The molecule has 0 saturated heterocycles. The number of methoxy groups -OCH3 is 1. The van der Waals surface area contributed by atoms with Crippen LogP contribution in [-0.4, -0.2) is 77.0 Å². The maximum Gasteiger partial charge on any atom is 0.210 e. The minimum Gasteiger partial charge on any atom is -0.496 e. The van der Waals surface area contributed by atoms with Gasteiger partial charge in [-0.05, 0) is 103 Å². The number of thiazole rings is 2. The average molecular weight is 761 g/mol. The molecule has 53 heavy (non-hydrogen) atoms. The average Bonchev–Trinajstić information content (AvgIpc) is 3.85. The number of ether oxygens (including phenoxy) is 1. The molecule has 0 aliphatic heterocycles. The van der Waals surface area contributed by atoms with E-state index in [1.807, 2.05) is 52.3 Å². The summed E-state index contributed by atoms with van der Waals surface area (Å²) >= 11 is 3.31. The Morgan fingerprint density at radius 2 is 1.40 bits per heavy atom. The summed E-state index contributed by atoms with van der Waals surface area (Å²) in [5.41, 5.74) is 4.17. The van der Waals surface area contributed by atoms with E-state index in [1.165, 1.54) is 12.8 Å². The lowest BCUT2D eigenvalue weighted by molar-refractivity contribution is -0.123. The van der Waals surface area contributed by atoms with E-state index in [0.717, 1.165) is 103 Å². The number of anilines is 2. The van der Waals surface area contributed by atoms with Crippen molar-refractivity contribution in [1.29, 1.82) is 0 Å². The predicted octanol–water partition coefficient (Wildman–Crippen LogP) is 9.94. The van der Waals surface area contributed by atoms with E-state index in [0.29, 0.717) is 30.0 Å². The van der Waals surface area contributed by atoms with Gasteiger partial charge < -0.3 is 25.2 Å². The van der Waals surface area contributed by atoms with Gasteiger partial charge in [0.25, 0.3) is 0 Å². The number of aromatic nitrogens is 2. The Balaban J connectivity index is 0.000000233. The Bertz CT molecular complexity index is 1640. The second kappa shape index (κ2) is 21.1. The van der Waals surface area contributed by atoms with Gasteiger partial charge >= 0.3 is 0 Å². The first-order chi connectivity index (χ1) is 25.3. The summed E-state index contributed by atoms with van der Waals surface area (Å²) in [6, 6.07) is 19.7. The fourth-order valence-electron chi connectivity index (χ4n) is 7.26. The summed E-state index contributed by atoms with van der Waals surface area (Å²) in [7, 11) is 1.69. The lowest BCUT2D eigenvalue weighted by atomic mass is 9.85. The molecule has 2 aliphatic carbocycles. The van der Waals surface area contributed by atoms with Gasteiger partial charge in [-0.2, -0.15) is 0 Å². The van der Waals surface area contributed by atoms with Gasteiger partial charge in [-0.3, -0.25) is 9.59 Å². The molecule has 9 nitrogen and oxygen atoms in total. The molecule has 2 fully saturated rings. The van der Waals surface area contributed by atoms with Crippen LogP contribution in [-0.2, 0) is 9.59 Å². The van der Waals surface area contributed by atoms with Crippen LogP contribution in [0.5, 0.6) is 5.75 Å². The zero-order chi connectivity index (χ0) is 36.9. The molecular weight excluding hydrogens is 701 g/mol. The largest absolute Gasteiger partial charge is 0.496 e. The molecule has 0 atom stereocenters. The van der Waals surface area contributed by atoms with Crippen molar-refractivity contribution < 1.29 is 14.3 Å². The van der Waals surface area contributed by atoms with Gasteiger partial charge in [0.15, 0.2) is 10.3 Å². The second-order valence-corrected chi connectivity index (χ2v) is 16.3. The minimum atomic E-state index is 0. The number of rotatable bonds is 15. The third-order valence-electron chi connectivity index (χ3n) is 10.4. The van der Waals surface area contributed by atoms with Crippen LogP contribution in [0.3, 0.4) is 0 Å². The molecule has 2 saturated carbocycles. The summed E-state index contributed by atoms with van der Waals surface area (Å²) in [4.78, 5) is 35.8. The number of hydrogen-bond acceptors (Lipinski definition) is 9. The van der Waals surface area contributed by atoms with Crippen molar-refractivity contribution in [2.75, 3.05) is 30.8 Å². The van der Waals surface area contributed by atoms with E-state index in [9.17, 15) is 9.59 Å². The van der Waals surface area contributed by atoms with E-state index < -0.39 is 0 Å². The van der Waals surface area contributed by atoms with E-state index in [1.54, 1.807) is 29.8 Å². The van der Waals surface area contributed by atoms with Crippen molar-refractivity contribution in [3.05, 3.63) is 65.4 Å². The van der Waals surface area contributed by atoms with Gasteiger partial charge in [-0.15, -0.1) is 22.7 Å². The van der Waals surface area contributed by atoms with Gasteiger partial charge in [0.1, 0.15) is 5.75 Å². The van der Waals surface area contributed by atoms with Gasteiger partial charge in [-0.1, -0.05) is 49.9 Å². The van der Waals surface area contributed by atoms with Crippen LogP contribution in [0.1, 0.15) is 86.5 Å². The number of benzene rings is 2. The topological polar surface area (TPSA) is 99.7 Å². The molecule has 2 aliphatic rings. The van der Waals surface area contributed by atoms with Gasteiger partial charge in [-0.25, -0.2) is 9.97 Å². The van der Waals surface area contributed by atoms with E-state index in [4.69, 9.17) is 14.7 Å². The molecule has 2 N–H and O–H groups in total. The molecular formula is C42H60N6O3S2. The van der Waals surface area contributed by atoms with Gasteiger partial charge in [0.2, 0.25) is 12.8 Å². The van der Waals surface area contributed by atoms with Crippen LogP contribution in [0.25, 0.3) is 22.5 Å². The minimum absolute atomic E-state index is 0. The summed E-state index contributed by atoms with van der Waals surface area (Å²) < 4.78 is 5.44. The molecule has 2 aromatic carbocycles. The highest BCUT2D eigenvalue weighted by Crippen LogP contribution is 2.34. The van der Waals surface area contributed by atoms with Crippen molar-refractivity contribution >= 4 is 45.8 Å². The molecule has 11 heteroatoms. The summed E-state index contributed by atoms with van der Waals surface area (Å²) in [6.45, 7) is 10.2. The van der Waals surface area contributed by atoms with Crippen LogP contribution in [0, 0.1) is 11.8 Å². The molecule has 4 aromatic rings. The number of hydrogen-bond donors (Lipinski definition) is 2. The molecule has 0 radical (unpaired) electrons. The van der Waals surface area contributed by atoms with E-state index in [2.05, 4.69) is 61.2 Å². The number of nitrogens with one attached hydrogen (secondary N) is 2. The van der Waals surface area contributed by atoms with Crippen LogP contribution in [0.15, 0.2) is 65.4 Å². The SMILES string of the molecule is C.CC(C)N(C=O)C1CCC(CNc2nc(-c3ccccc3)cs2)CC1.COc1ccccc1-c1csc(NC2CCC(CN(C=O)C(C)C)CC2)n1. The third-order valence-corrected chi connectivity index (χ3v) is 12.0. The van der Waals surface area contributed by atoms with Crippen molar-refractivity contribution in [1.82, 2.24) is 19.8 Å². The Morgan fingerprint density at radius 3 is 2.04 bits per heavy atom. The van der Waals surface area contributed by atoms with Crippen molar-refractivity contribution in [3.8, 4) is 28.3 Å². The molecule has 2 heterocycles. The first kappa shape index (κ1) is 41.8. The van der Waals surface area contributed by atoms with Crippen molar-refractivity contribution in [2.24, 2.45) is 11.8 Å². The number of para-hydroxylation sites is 1. The molecule has 2 amide bonds. The van der Waals surface area contributed by atoms with Crippen LogP contribution >= 0.6 is 22.7 Å². The summed E-state index contributed by atoms with van der Waals surface area (Å²) in [6.07, 6.45) is 11.1. The fraction of sp³-hybridized carbons (Fsp3) is 0.524. The summed E-state index contributed by atoms with van der Waals surface area (Å²) in [5, 5.41) is 13.3. The second-order valence-electron chi connectivity index (χ2n) is 14.6. The zero-order valence-electron chi connectivity index (χ0n) is 31.4. The highest BCUT2D eigenvalue weighted by molar-refractivity contribution is 7.14. The lowest BCUT2D eigenvalue weighted by Crippen LogP contribution is -2.42. The Kier molecular flexibility index (Phi) is 16.6. The summed E-state index contributed by atoms with van der Waals surface area (Å²) in [5.74, 6) is 2.12. The van der Waals surface area contributed by atoms with E-state index in [-0.39, 0.29) is 13.5 Å². The van der Waals surface area contributed by atoms with Crippen LogP contribution in [0.2, 0.25) is 0 Å². The molecule has 6 rings (SSSR count). The van der Waals surface area contributed by atoms with Gasteiger partial charge in [0, 0.05) is 59.1 Å². The van der Waals surface area contributed by atoms with Crippen molar-refractivity contribution in [2.45, 2.75) is 111 Å². The predicted molar refractivity (Wildman–Crippen MR) is 223 cm³/mol. The maximum atomic E-state index is 11.3. The first-order valence-electron chi connectivity index (χ1n) is 18.8. The maximum absolute atomic E-state index is 11.3. The monoisotopic (exact) mass is 760 g/mol. The Labute approximate surface area is 325 Å². The highest BCUT2D eigenvalue weighted by Gasteiger charge is 2.27. The standard InChI is InChI=1S/C21H29N3O2S.C20H27N3OS.CH4/c1-15(2)24(14-25)12-16-8-10-17(11-9-16)22-21-23-19(13-27-21)18-6-4-5-7-20(18)26-3;1-15(2)23(14-24)18-10-8-16(9-11-18)12-21-20-22-19(13-25-20)17-6-4-3-5-7-17;/h4-7,13-17H,8-12H2,1-3H3,(H,22,23);3-7,13-16,18H,8-12H2,1-2H3,(H,21,22);1H4. The number of amides is 2. The fourth-order valence-corrected chi connectivity index (χ4v) is 8.78. The number of nitrogens with zero attached hydrogens (tertiary/aromatic N) is 4. The number of carbonyl (C=O) groups excluding carboxylic acids is 2. The molecule has 288 valence electrons. The first-order valence-corrected chi connectivity index (χ1v) is 20.6. The molecule has 2 aromatic heterocycles. The lowest BCUT2D eigenvalue weighted by Gasteiger charge is -2.37. The molecule has 0 unspecified atom stereocenters. The van der Waals surface area contributed by atoms with Gasteiger partial charge in [0.05, 0.1) is 18.5 Å². The Morgan fingerprint density at radius 1 is 0.774 bits per heavy atom. The third kappa shape index (κ3) is 12.0. The Hall–Kier alpha value is -3.96. The van der Waals surface area contributed by atoms with Crippen LogP contribution in [0.4, 0.5) is 10.3 Å². The van der Waals surface area contributed by atoms with Crippen molar-refractivity contribution in [3.63, 3.8) is 0 Å². The van der Waals surface area contributed by atoms with Crippen LogP contribution < -0.4 is 15.4 Å². The molecule has 0 spiro atoms. The molecule has 0 bridgehead atoms. The quantitative estimate of drug-likeness (QED) is 0.116. The smallest absolute Gasteiger partial charge is 0.210 e. The zero-order valence-corrected chi connectivity index (χ0v) is 33.0. The normalized spacial score (nSPS) is 19.7. The number of carbonyl (C=O) groups is 2. The highest BCUT2D eigenvalue weighted by atomic mass is 32.1.